The maximum atomic E-state index is 7.25. The van der Waals surface area contributed by atoms with Gasteiger partial charge in [-0.25, -0.2) is 0 Å². The molecule has 0 N–H and O–H groups in total. The van der Waals surface area contributed by atoms with Crippen LogP contribution in [0.3, 0.4) is 0 Å². The predicted molar refractivity (Wildman–Crippen MR) is 156 cm³/mol. The molecule has 1 aliphatic rings. The first-order chi connectivity index (χ1) is 17.3. The van der Waals surface area contributed by atoms with Crippen LogP contribution in [0.4, 0.5) is 0 Å². The summed E-state index contributed by atoms with van der Waals surface area (Å²) < 4.78 is 7.25. The van der Waals surface area contributed by atoms with Crippen molar-refractivity contribution in [1.82, 2.24) is 4.90 Å². The van der Waals surface area contributed by atoms with Gasteiger partial charge in [0.2, 0.25) is 8.32 Å². The van der Waals surface area contributed by atoms with Crippen molar-refractivity contribution in [3.8, 4) is 0 Å². The predicted octanol–water partition coefficient (Wildman–Crippen LogP) is 8.64. The molecule has 3 aromatic rings. The number of nitrogens with zero attached hydrogens (tertiary/aromatic N) is 1. The van der Waals surface area contributed by atoms with Crippen LogP contribution in [0.2, 0.25) is 16.6 Å². The first-order valence-corrected chi connectivity index (χ1v) is 16.1. The maximum absolute atomic E-state index is 7.25. The van der Waals surface area contributed by atoms with Crippen molar-refractivity contribution in [3.05, 3.63) is 108 Å². The van der Waals surface area contributed by atoms with Crippen molar-refractivity contribution < 1.29 is 4.43 Å². The van der Waals surface area contributed by atoms with E-state index < -0.39 is 8.32 Å². The van der Waals surface area contributed by atoms with Crippen LogP contribution in [-0.2, 0) is 9.96 Å². The van der Waals surface area contributed by atoms with Crippen LogP contribution in [0.25, 0.3) is 0 Å². The first-order valence-electron chi connectivity index (χ1n) is 13.9. The van der Waals surface area contributed by atoms with E-state index in [0.29, 0.717) is 22.7 Å². The maximum Gasteiger partial charge on any atom is 0.200 e. The van der Waals surface area contributed by atoms with Crippen molar-refractivity contribution in [2.24, 2.45) is 0 Å². The lowest BCUT2D eigenvalue weighted by Crippen LogP contribution is -2.55. The highest BCUT2D eigenvalue weighted by Crippen LogP contribution is 2.46. The zero-order valence-electron chi connectivity index (χ0n) is 23.2. The van der Waals surface area contributed by atoms with Crippen molar-refractivity contribution in [1.29, 1.82) is 0 Å². The molecule has 1 aliphatic heterocycles. The van der Waals surface area contributed by atoms with Gasteiger partial charge in [0.15, 0.2) is 0 Å². The number of piperidine rings is 1. The molecule has 0 bridgehead atoms. The quantitative estimate of drug-likeness (QED) is 0.216. The highest BCUT2D eigenvalue weighted by Gasteiger charge is 2.48. The summed E-state index contributed by atoms with van der Waals surface area (Å²) in [6.45, 7) is 16.4. The van der Waals surface area contributed by atoms with Gasteiger partial charge in [-0.2, -0.15) is 0 Å². The third kappa shape index (κ3) is 4.86. The molecule has 2 nitrogen and oxygen atoms in total. The highest BCUT2D eigenvalue weighted by molar-refractivity contribution is 6.77. The van der Waals surface area contributed by atoms with Crippen LogP contribution in [0.5, 0.6) is 0 Å². The van der Waals surface area contributed by atoms with Crippen LogP contribution in [0.15, 0.2) is 91.0 Å². The monoisotopic (exact) mass is 499 g/mol. The molecule has 1 heterocycles. The van der Waals surface area contributed by atoms with Gasteiger partial charge in [0.25, 0.3) is 0 Å². The Morgan fingerprint density at radius 3 is 1.25 bits per heavy atom. The van der Waals surface area contributed by atoms with Gasteiger partial charge in [0, 0.05) is 19.2 Å². The molecule has 1 saturated heterocycles. The zero-order chi connectivity index (χ0) is 25.8. The lowest BCUT2D eigenvalue weighted by molar-refractivity contribution is 0.0485. The lowest BCUT2D eigenvalue weighted by Gasteiger charge is -2.50. The Bertz CT molecular complexity index is 938. The van der Waals surface area contributed by atoms with Gasteiger partial charge in [-0.05, 0) is 46.2 Å². The molecule has 0 amide bonds. The molecule has 0 spiro atoms. The second kappa shape index (κ2) is 11.5. The summed E-state index contributed by atoms with van der Waals surface area (Å²) in [5, 5.41) is 0. The molecule has 0 atom stereocenters. The Labute approximate surface area is 220 Å². The van der Waals surface area contributed by atoms with Crippen LogP contribution in [-0.4, -0.2) is 32.4 Å². The van der Waals surface area contributed by atoms with E-state index in [1.54, 1.807) is 0 Å². The third-order valence-electron chi connectivity index (χ3n) is 8.57. The Balaban J connectivity index is 1.72. The number of hydrogen-bond donors (Lipinski definition) is 0. The van der Waals surface area contributed by atoms with E-state index in [0.717, 1.165) is 25.9 Å². The molecule has 36 heavy (non-hydrogen) atoms. The summed E-state index contributed by atoms with van der Waals surface area (Å²) in [7, 11) is -1.89. The van der Waals surface area contributed by atoms with Crippen LogP contribution in [0.1, 0.15) is 71.1 Å². The van der Waals surface area contributed by atoms with Gasteiger partial charge < -0.3 is 4.43 Å². The van der Waals surface area contributed by atoms with E-state index in [4.69, 9.17) is 4.43 Å². The minimum absolute atomic E-state index is 0.322. The van der Waals surface area contributed by atoms with Gasteiger partial charge in [-0.3, -0.25) is 4.90 Å². The molecule has 0 aromatic heterocycles. The number of likely N-dealkylation sites (tertiary alicyclic amines) is 1. The molecular formula is C33H45NOSi. The van der Waals surface area contributed by atoms with Gasteiger partial charge in [0.05, 0.1) is 5.54 Å². The summed E-state index contributed by atoms with van der Waals surface area (Å²) >= 11 is 0. The molecule has 192 valence electrons. The first kappa shape index (κ1) is 26.8. The van der Waals surface area contributed by atoms with E-state index in [-0.39, 0.29) is 5.54 Å². The van der Waals surface area contributed by atoms with Gasteiger partial charge in [0.1, 0.15) is 0 Å². The second-order valence-corrected chi connectivity index (χ2v) is 16.8. The Morgan fingerprint density at radius 1 is 0.611 bits per heavy atom. The molecule has 4 rings (SSSR count). The number of hydrogen-bond acceptors (Lipinski definition) is 2. The molecule has 0 aliphatic carbocycles. The summed E-state index contributed by atoms with van der Waals surface area (Å²) in [5.41, 5.74) is 5.52. The molecule has 1 fully saturated rings. The summed E-state index contributed by atoms with van der Waals surface area (Å²) in [6.07, 6.45) is 2.50. The molecule has 0 unspecified atom stereocenters. The standard InChI is InChI=1S/C33H45NOSi/c1-26(2)36(27(3)4,28(5)6)35-32-22-24-34(25-23-32)33(29-16-10-7-11-17-29,30-18-12-8-13-19-30)31-20-14-9-15-21-31/h7-21,26-28,32H,22-25H2,1-6H3. The Kier molecular flexibility index (Phi) is 8.54. The third-order valence-corrected chi connectivity index (χ3v) is 14.7. The van der Waals surface area contributed by atoms with Crippen molar-refractivity contribution >= 4 is 8.32 Å². The fourth-order valence-corrected chi connectivity index (χ4v) is 12.7. The van der Waals surface area contributed by atoms with E-state index in [1.165, 1.54) is 16.7 Å². The van der Waals surface area contributed by atoms with E-state index in [1.807, 2.05) is 0 Å². The summed E-state index contributed by atoms with van der Waals surface area (Å²) in [5.74, 6) is 0. The normalized spacial score (nSPS) is 16.2. The fraction of sp³-hybridized carbons (Fsp3) is 0.455. The average Bonchev–Trinajstić information content (AvgIpc) is 2.90. The molecular weight excluding hydrogens is 454 g/mol. The van der Waals surface area contributed by atoms with Gasteiger partial charge in [-0.15, -0.1) is 0 Å². The van der Waals surface area contributed by atoms with Crippen molar-refractivity contribution in [3.63, 3.8) is 0 Å². The average molecular weight is 500 g/mol. The SMILES string of the molecule is CC(C)[Si](OC1CCN(C(c2ccccc2)(c2ccccc2)c2ccccc2)CC1)(C(C)C)C(C)C. The lowest BCUT2D eigenvalue weighted by atomic mass is 9.74. The minimum atomic E-state index is -1.89. The van der Waals surface area contributed by atoms with E-state index in [2.05, 4.69) is 137 Å². The molecule has 3 heteroatoms. The van der Waals surface area contributed by atoms with Crippen molar-refractivity contribution in [2.75, 3.05) is 13.1 Å². The number of benzene rings is 3. The Hall–Kier alpha value is -2.20. The van der Waals surface area contributed by atoms with E-state index >= 15 is 0 Å². The van der Waals surface area contributed by atoms with Gasteiger partial charge in [-0.1, -0.05) is 133 Å². The summed E-state index contributed by atoms with van der Waals surface area (Å²) in [4.78, 5) is 2.72. The highest BCUT2D eigenvalue weighted by atomic mass is 28.4. The minimum Gasteiger partial charge on any atom is -0.413 e. The number of rotatable bonds is 9. The second-order valence-electron chi connectivity index (χ2n) is 11.4. The zero-order valence-corrected chi connectivity index (χ0v) is 24.2. The van der Waals surface area contributed by atoms with Crippen LogP contribution >= 0.6 is 0 Å². The Morgan fingerprint density at radius 2 is 0.944 bits per heavy atom. The molecule has 3 aromatic carbocycles. The largest absolute Gasteiger partial charge is 0.413 e. The summed E-state index contributed by atoms with van der Waals surface area (Å²) in [6, 6.07) is 33.3. The van der Waals surface area contributed by atoms with E-state index in [9.17, 15) is 0 Å². The topological polar surface area (TPSA) is 12.5 Å². The fourth-order valence-electron chi connectivity index (χ4n) is 7.09. The molecule has 0 saturated carbocycles. The smallest absolute Gasteiger partial charge is 0.200 e. The van der Waals surface area contributed by atoms with Gasteiger partial charge >= 0.3 is 0 Å². The molecule has 0 radical (unpaired) electrons. The van der Waals surface area contributed by atoms with Crippen LogP contribution in [0, 0.1) is 0 Å². The van der Waals surface area contributed by atoms with Crippen LogP contribution < -0.4 is 0 Å². The van der Waals surface area contributed by atoms with Crippen molar-refractivity contribution in [2.45, 2.75) is 82.7 Å².